The minimum atomic E-state index is 0.163. The maximum absolute atomic E-state index is 9.28. The van der Waals surface area contributed by atoms with Crippen LogP contribution in [0.5, 0.6) is 0 Å². The van der Waals surface area contributed by atoms with Gasteiger partial charge in [-0.2, -0.15) is 11.8 Å². The highest BCUT2D eigenvalue weighted by Gasteiger charge is 2.16. The second kappa shape index (κ2) is 6.61. The number of aliphatic hydroxyl groups excluding tert-OH is 1. The highest BCUT2D eigenvalue weighted by molar-refractivity contribution is 7.99. The normalized spacial score (nSPS) is 14.7. The number of aliphatic hydroxyl groups is 1. The van der Waals surface area contributed by atoms with Crippen LogP contribution in [0, 0.1) is 0 Å². The predicted molar refractivity (Wildman–Crippen MR) is 80.9 cm³/mol. The summed E-state index contributed by atoms with van der Waals surface area (Å²) in [5.41, 5.74) is 1.79. The number of pyridine rings is 1. The van der Waals surface area contributed by atoms with E-state index in [1.807, 2.05) is 35.1 Å². The van der Waals surface area contributed by atoms with E-state index < -0.39 is 0 Å². The van der Waals surface area contributed by atoms with Gasteiger partial charge < -0.3 is 14.8 Å². The molecule has 0 radical (unpaired) electrons. The predicted octanol–water partition coefficient (Wildman–Crippen LogP) is 2.19. The average Bonchev–Trinajstić information content (AvgIpc) is 2.73. The van der Waals surface area contributed by atoms with Gasteiger partial charge in [0.2, 0.25) is 0 Å². The summed E-state index contributed by atoms with van der Waals surface area (Å²) >= 11 is 7.83. The molecule has 0 aliphatic heterocycles. The summed E-state index contributed by atoms with van der Waals surface area (Å²) in [5, 5.41) is 13.4. The number of imidazole rings is 1. The fourth-order valence-corrected chi connectivity index (χ4v) is 2.90. The molecular formula is C13H18ClN3OS. The van der Waals surface area contributed by atoms with E-state index >= 15 is 0 Å². The van der Waals surface area contributed by atoms with Crippen LogP contribution in [0.2, 0.25) is 5.15 Å². The number of aromatic nitrogens is 2. The molecule has 2 aromatic rings. The number of hydrogen-bond acceptors (Lipinski definition) is 4. The van der Waals surface area contributed by atoms with Gasteiger partial charge in [-0.15, -0.1) is 0 Å². The summed E-state index contributed by atoms with van der Waals surface area (Å²) in [7, 11) is 0. The zero-order chi connectivity index (χ0) is 13.8. The fraction of sp³-hybridized carbons (Fsp3) is 0.462. The molecule has 19 heavy (non-hydrogen) atoms. The van der Waals surface area contributed by atoms with Crippen LogP contribution < -0.4 is 5.32 Å². The Labute approximate surface area is 122 Å². The molecule has 0 amide bonds. The molecule has 4 nitrogen and oxygen atoms in total. The molecule has 0 saturated heterocycles. The Hall–Kier alpha value is -0.750. The van der Waals surface area contributed by atoms with E-state index in [0.717, 1.165) is 11.3 Å². The molecule has 0 aromatic carbocycles. The zero-order valence-corrected chi connectivity index (χ0v) is 12.6. The van der Waals surface area contributed by atoms with Crippen LogP contribution in [0.3, 0.4) is 0 Å². The molecule has 2 N–H and O–H groups in total. The molecule has 2 rings (SSSR count). The molecular weight excluding hydrogens is 282 g/mol. The molecule has 2 unspecified atom stereocenters. The van der Waals surface area contributed by atoms with Gasteiger partial charge in [0.1, 0.15) is 5.65 Å². The second-order valence-corrected chi connectivity index (χ2v) is 5.84. The number of nitrogens with zero attached hydrogens (tertiary/aromatic N) is 2. The first-order valence-corrected chi connectivity index (χ1v) is 7.82. The van der Waals surface area contributed by atoms with E-state index in [2.05, 4.69) is 17.2 Å². The van der Waals surface area contributed by atoms with Gasteiger partial charge in [0, 0.05) is 24.0 Å². The third kappa shape index (κ3) is 3.23. The summed E-state index contributed by atoms with van der Waals surface area (Å²) in [5.74, 6) is 0. The van der Waals surface area contributed by atoms with Gasteiger partial charge in [-0.1, -0.05) is 17.7 Å². The Kier molecular flexibility index (Phi) is 5.10. The lowest BCUT2D eigenvalue weighted by molar-refractivity contribution is 0.275. The molecule has 0 fully saturated rings. The molecule has 104 valence electrons. The van der Waals surface area contributed by atoms with Crippen LogP contribution in [0.4, 0.5) is 0 Å². The Balaban J connectivity index is 2.11. The van der Waals surface area contributed by atoms with Crippen molar-refractivity contribution in [3.05, 3.63) is 35.2 Å². The lowest BCUT2D eigenvalue weighted by atomic mass is 10.2. The molecule has 0 aliphatic rings. The third-order valence-electron chi connectivity index (χ3n) is 3.21. The van der Waals surface area contributed by atoms with Crippen LogP contribution in [0.15, 0.2) is 24.4 Å². The number of fused-ring (bicyclic) bond motifs is 1. The minimum absolute atomic E-state index is 0.163. The second-order valence-electron chi connectivity index (χ2n) is 4.40. The molecule has 2 atom stereocenters. The molecule has 2 heterocycles. The Morgan fingerprint density at radius 1 is 1.53 bits per heavy atom. The number of nitrogens with one attached hydrogen (secondary N) is 1. The van der Waals surface area contributed by atoms with Crippen molar-refractivity contribution in [2.75, 3.05) is 12.9 Å². The van der Waals surface area contributed by atoms with Crippen molar-refractivity contribution in [1.82, 2.24) is 14.7 Å². The summed E-state index contributed by atoms with van der Waals surface area (Å²) in [6, 6.07) is 6.02. The standard InChI is InChI=1S/C13H18ClN3OS/c1-9(11(8-18)19-2)15-7-10-13(14)16-12-5-3-4-6-17(10)12/h3-6,9,11,15,18H,7-8H2,1-2H3. The summed E-state index contributed by atoms with van der Waals surface area (Å²) < 4.78 is 1.98. The highest BCUT2D eigenvalue weighted by atomic mass is 35.5. The summed E-state index contributed by atoms with van der Waals surface area (Å²) in [6.45, 7) is 2.85. The van der Waals surface area contributed by atoms with Crippen molar-refractivity contribution >= 4 is 29.0 Å². The van der Waals surface area contributed by atoms with E-state index in [9.17, 15) is 5.11 Å². The number of halogens is 1. The third-order valence-corrected chi connectivity index (χ3v) is 4.68. The molecule has 6 heteroatoms. The maximum Gasteiger partial charge on any atom is 0.152 e. The molecule has 0 saturated carbocycles. The summed E-state index contributed by atoms with van der Waals surface area (Å²) in [6.07, 6.45) is 3.95. The van der Waals surface area contributed by atoms with E-state index in [-0.39, 0.29) is 17.9 Å². The number of hydrogen-bond donors (Lipinski definition) is 2. The first kappa shape index (κ1) is 14.7. The molecule has 0 bridgehead atoms. The van der Waals surface area contributed by atoms with Crippen molar-refractivity contribution in [3.8, 4) is 0 Å². The number of thioether (sulfide) groups is 1. The van der Waals surface area contributed by atoms with E-state index in [4.69, 9.17) is 11.6 Å². The Morgan fingerprint density at radius 2 is 2.32 bits per heavy atom. The SMILES string of the molecule is CSC(CO)C(C)NCc1c(Cl)nc2ccccn12. The minimum Gasteiger partial charge on any atom is -0.395 e. The van der Waals surface area contributed by atoms with E-state index in [1.165, 1.54) is 0 Å². The van der Waals surface area contributed by atoms with Gasteiger partial charge >= 0.3 is 0 Å². The van der Waals surface area contributed by atoms with Crippen LogP contribution >= 0.6 is 23.4 Å². The first-order chi connectivity index (χ1) is 9.17. The fourth-order valence-electron chi connectivity index (χ4n) is 2.00. The molecule has 0 aliphatic carbocycles. The average molecular weight is 300 g/mol. The topological polar surface area (TPSA) is 49.6 Å². The maximum atomic E-state index is 9.28. The lowest BCUT2D eigenvalue weighted by Crippen LogP contribution is -2.37. The van der Waals surface area contributed by atoms with Gasteiger partial charge in [-0.25, -0.2) is 4.98 Å². The quantitative estimate of drug-likeness (QED) is 0.858. The summed E-state index contributed by atoms with van der Waals surface area (Å²) in [4.78, 5) is 4.31. The number of rotatable bonds is 6. The van der Waals surface area contributed by atoms with E-state index in [0.29, 0.717) is 11.7 Å². The van der Waals surface area contributed by atoms with Crippen LogP contribution in [-0.4, -0.2) is 38.6 Å². The van der Waals surface area contributed by atoms with Gasteiger partial charge in [0.25, 0.3) is 0 Å². The van der Waals surface area contributed by atoms with Crippen LogP contribution in [-0.2, 0) is 6.54 Å². The zero-order valence-electron chi connectivity index (χ0n) is 11.0. The van der Waals surface area contributed by atoms with Crippen molar-refractivity contribution in [1.29, 1.82) is 0 Å². The van der Waals surface area contributed by atoms with Crippen LogP contribution in [0.1, 0.15) is 12.6 Å². The smallest absolute Gasteiger partial charge is 0.152 e. The van der Waals surface area contributed by atoms with Crippen LogP contribution in [0.25, 0.3) is 5.65 Å². The first-order valence-electron chi connectivity index (χ1n) is 6.16. The largest absolute Gasteiger partial charge is 0.395 e. The van der Waals surface area contributed by atoms with Crippen molar-refractivity contribution < 1.29 is 5.11 Å². The highest BCUT2D eigenvalue weighted by Crippen LogP contribution is 2.18. The Morgan fingerprint density at radius 3 is 3.00 bits per heavy atom. The van der Waals surface area contributed by atoms with Gasteiger partial charge in [0.15, 0.2) is 5.15 Å². The van der Waals surface area contributed by atoms with Crippen molar-refractivity contribution in [2.24, 2.45) is 0 Å². The van der Waals surface area contributed by atoms with Gasteiger partial charge in [-0.05, 0) is 25.3 Å². The molecule has 2 aromatic heterocycles. The monoisotopic (exact) mass is 299 g/mol. The lowest BCUT2D eigenvalue weighted by Gasteiger charge is -2.21. The molecule has 0 spiro atoms. The van der Waals surface area contributed by atoms with Gasteiger partial charge in [0.05, 0.1) is 12.3 Å². The van der Waals surface area contributed by atoms with Gasteiger partial charge in [-0.3, -0.25) is 0 Å². The Bertz CT molecular complexity index is 542. The van der Waals surface area contributed by atoms with Crippen molar-refractivity contribution in [2.45, 2.75) is 24.8 Å². The van der Waals surface area contributed by atoms with E-state index in [1.54, 1.807) is 11.8 Å². The van der Waals surface area contributed by atoms with Crippen molar-refractivity contribution in [3.63, 3.8) is 0 Å².